The summed E-state index contributed by atoms with van der Waals surface area (Å²) in [6, 6.07) is 14.8. The lowest BCUT2D eigenvalue weighted by atomic mass is 10.1. The van der Waals surface area contributed by atoms with Crippen LogP contribution in [-0.4, -0.2) is 0 Å². The third-order valence-corrected chi connectivity index (χ3v) is 4.63. The fourth-order valence-electron chi connectivity index (χ4n) is 2.56. The lowest BCUT2D eigenvalue weighted by molar-refractivity contribution is 0.575. The van der Waals surface area contributed by atoms with E-state index in [0.29, 0.717) is 10.0 Å². The van der Waals surface area contributed by atoms with Crippen molar-refractivity contribution in [2.24, 2.45) is 0 Å². The predicted molar refractivity (Wildman–Crippen MR) is 90.1 cm³/mol. The van der Waals surface area contributed by atoms with Gasteiger partial charge in [0.1, 0.15) is 0 Å². The Morgan fingerprint density at radius 3 is 2.43 bits per heavy atom. The second kappa shape index (κ2) is 6.39. The van der Waals surface area contributed by atoms with Crippen molar-refractivity contribution in [3.63, 3.8) is 0 Å². The van der Waals surface area contributed by atoms with Crippen molar-refractivity contribution in [2.75, 3.05) is 0 Å². The molecule has 0 bridgehead atoms. The van der Waals surface area contributed by atoms with Gasteiger partial charge in [0, 0.05) is 22.6 Å². The van der Waals surface area contributed by atoms with Gasteiger partial charge < -0.3 is 5.32 Å². The zero-order valence-corrected chi connectivity index (χ0v) is 13.6. The Balaban J connectivity index is 1.60. The Morgan fingerprint density at radius 1 is 1.10 bits per heavy atom. The molecule has 1 aliphatic rings. The molecule has 21 heavy (non-hydrogen) atoms. The molecule has 0 saturated heterocycles. The number of halogens is 2. The molecule has 1 atom stereocenters. The first kappa shape index (κ1) is 14.9. The largest absolute Gasteiger partial charge is 0.306 e. The van der Waals surface area contributed by atoms with Crippen LogP contribution in [0.4, 0.5) is 0 Å². The highest BCUT2D eigenvalue weighted by Gasteiger charge is 2.22. The molecule has 0 amide bonds. The summed E-state index contributed by atoms with van der Waals surface area (Å²) in [7, 11) is 0. The normalized spacial score (nSPS) is 16.0. The van der Waals surface area contributed by atoms with Crippen LogP contribution in [0.1, 0.15) is 48.4 Å². The Bertz CT molecular complexity index is 618. The maximum atomic E-state index is 6.24. The smallest absolute Gasteiger partial charge is 0.0468 e. The number of hydrogen-bond acceptors (Lipinski definition) is 1. The van der Waals surface area contributed by atoms with Crippen LogP contribution in [0.3, 0.4) is 0 Å². The van der Waals surface area contributed by atoms with Gasteiger partial charge in [-0.15, -0.1) is 0 Å². The molecule has 2 aromatic rings. The van der Waals surface area contributed by atoms with Gasteiger partial charge in [-0.3, -0.25) is 0 Å². The van der Waals surface area contributed by atoms with Gasteiger partial charge >= 0.3 is 0 Å². The van der Waals surface area contributed by atoms with Crippen LogP contribution in [0.5, 0.6) is 0 Å². The van der Waals surface area contributed by atoms with Gasteiger partial charge in [-0.2, -0.15) is 0 Å². The molecule has 1 N–H and O–H groups in total. The van der Waals surface area contributed by atoms with E-state index in [1.807, 2.05) is 12.1 Å². The molecule has 0 aromatic heterocycles. The number of hydrogen-bond donors (Lipinski definition) is 1. The summed E-state index contributed by atoms with van der Waals surface area (Å²) in [5.41, 5.74) is 3.86. The van der Waals surface area contributed by atoms with E-state index in [-0.39, 0.29) is 6.04 Å². The van der Waals surface area contributed by atoms with E-state index in [2.05, 4.69) is 36.5 Å². The van der Waals surface area contributed by atoms with E-state index in [9.17, 15) is 0 Å². The van der Waals surface area contributed by atoms with Gasteiger partial charge in [0.05, 0.1) is 0 Å². The monoisotopic (exact) mass is 319 g/mol. The molecule has 1 nitrogen and oxygen atoms in total. The minimum atomic E-state index is 0.192. The third-order valence-electron chi connectivity index (χ3n) is 4.07. The summed E-state index contributed by atoms with van der Waals surface area (Å²) in [5, 5.41) is 4.90. The lowest BCUT2D eigenvalue weighted by Crippen LogP contribution is -2.18. The Hall–Kier alpha value is -1.02. The predicted octanol–water partition coefficient (Wildman–Crippen LogP) is 5.72. The van der Waals surface area contributed by atoms with Crippen LogP contribution in [0, 0.1) is 0 Å². The Morgan fingerprint density at radius 2 is 1.81 bits per heavy atom. The van der Waals surface area contributed by atoms with E-state index in [1.165, 1.54) is 24.0 Å². The first-order valence-corrected chi connectivity index (χ1v) is 8.16. The molecule has 1 saturated carbocycles. The fraction of sp³-hybridized carbons (Fsp3) is 0.333. The summed E-state index contributed by atoms with van der Waals surface area (Å²) in [4.78, 5) is 0. The van der Waals surface area contributed by atoms with Gasteiger partial charge in [-0.1, -0.05) is 53.5 Å². The van der Waals surface area contributed by atoms with Gasteiger partial charge in [-0.05, 0) is 54.5 Å². The number of rotatable bonds is 5. The summed E-state index contributed by atoms with van der Waals surface area (Å²) < 4.78 is 0. The molecule has 0 radical (unpaired) electrons. The first-order chi connectivity index (χ1) is 10.1. The van der Waals surface area contributed by atoms with Crippen molar-refractivity contribution in [1.29, 1.82) is 0 Å². The maximum absolute atomic E-state index is 6.24. The summed E-state index contributed by atoms with van der Waals surface area (Å²) in [6.07, 6.45) is 2.70. The second-order valence-corrected chi connectivity index (χ2v) is 6.63. The highest BCUT2D eigenvalue weighted by atomic mass is 35.5. The lowest BCUT2D eigenvalue weighted by Gasteiger charge is -2.16. The van der Waals surface area contributed by atoms with Crippen LogP contribution in [0.2, 0.25) is 10.0 Å². The molecule has 0 heterocycles. The Kier molecular flexibility index (Phi) is 4.54. The molecule has 3 heteroatoms. The average molecular weight is 320 g/mol. The number of nitrogens with one attached hydrogen (secondary N) is 1. The molecule has 2 aromatic carbocycles. The highest BCUT2D eigenvalue weighted by molar-refractivity contribution is 6.35. The molecular weight excluding hydrogens is 301 g/mol. The number of benzene rings is 2. The van der Waals surface area contributed by atoms with E-state index >= 15 is 0 Å². The molecule has 0 spiro atoms. The van der Waals surface area contributed by atoms with Crippen molar-refractivity contribution in [1.82, 2.24) is 5.32 Å². The van der Waals surface area contributed by atoms with Crippen molar-refractivity contribution in [2.45, 2.75) is 38.3 Å². The van der Waals surface area contributed by atoms with Crippen LogP contribution in [-0.2, 0) is 6.54 Å². The van der Waals surface area contributed by atoms with Crippen molar-refractivity contribution in [3.8, 4) is 0 Å². The van der Waals surface area contributed by atoms with Crippen molar-refractivity contribution < 1.29 is 0 Å². The van der Waals surface area contributed by atoms with Crippen LogP contribution in [0.15, 0.2) is 42.5 Å². The zero-order valence-electron chi connectivity index (χ0n) is 12.1. The van der Waals surface area contributed by atoms with Gasteiger partial charge in [0.15, 0.2) is 0 Å². The highest BCUT2D eigenvalue weighted by Crippen LogP contribution is 2.39. The van der Waals surface area contributed by atoms with Gasteiger partial charge in [-0.25, -0.2) is 0 Å². The van der Waals surface area contributed by atoms with Crippen LogP contribution < -0.4 is 5.32 Å². The second-order valence-electron chi connectivity index (χ2n) is 5.78. The van der Waals surface area contributed by atoms with E-state index in [0.717, 1.165) is 18.0 Å². The molecule has 1 aliphatic carbocycles. The third kappa shape index (κ3) is 3.79. The maximum Gasteiger partial charge on any atom is 0.0468 e. The first-order valence-electron chi connectivity index (χ1n) is 7.40. The summed E-state index contributed by atoms with van der Waals surface area (Å²) >= 11 is 12.2. The standard InChI is InChI=1S/C18H19Cl2N/c1-12(17-9-8-16(19)10-18(17)20)21-11-13-2-4-14(5-3-13)15-6-7-15/h2-5,8-10,12,15,21H,6-7,11H2,1H3. The quantitative estimate of drug-likeness (QED) is 0.743. The van der Waals surface area contributed by atoms with Crippen molar-refractivity contribution in [3.05, 3.63) is 69.2 Å². The molecule has 0 aliphatic heterocycles. The molecular formula is C18H19Cl2N. The van der Waals surface area contributed by atoms with Crippen molar-refractivity contribution >= 4 is 23.2 Å². The van der Waals surface area contributed by atoms with E-state index in [1.54, 1.807) is 6.07 Å². The molecule has 110 valence electrons. The summed E-state index contributed by atoms with van der Waals surface area (Å²) in [5.74, 6) is 0.818. The minimum Gasteiger partial charge on any atom is -0.306 e. The van der Waals surface area contributed by atoms with Crippen LogP contribution >= 0.6 is 23.2 Å². The topological polar surface area (TPSA) is 12.0 Å². The SMILES string of the molecule is CC(NCc1ccc(C2CC2)cc1)c1ccc(Cl)cc1Cl. The summed E-state index contributed by atoms with van der Waals surface area (Å²) in [6.45, 7) is 2.96. The average Bonchev–Trinajstić information content (AvgIpc) is 3.30. The van der Waals surface area contributed by atoms with E-state index in [4.69, 9.17) is 23.2 Å². The molecule has 1 unspecified atom stereocenters. The molecule has 3 rings (SSSR count). The fourth-order valence-corrected chi connectivity index (χ4v) is 3.13. The van der Waals surface area contributed by atoms with Gasteiger partial charge in [0.25, 0.3) is 0 Å². The zero-order chi connectivity index (χ0) is 14.8. The van der Waals surface area contributed by atoms with E-state index < -0.39 is 0 Å². The minimum absolute atomic E-state index is 0.192. The van der Waals surface area contributed by atoms with Crippen LogP contribution in [0.25, 0.3) is 0 Å². The Labute approximate surface area is 136 Å². The molecule has 1 fully saturated rings. The van der Waals surface area contributed by atoms with Gasteiger partial charge in [0.2, 0.25) is 0 Å².